The number of nitrogens with zero attached hydrogens (tertiary/aromatic N) is 2. The third kappa shape index (κ3) is 3.36. The average Bonchev–Trinajstić information content (AvgIpc) is 2.91. The highest BCUT2D eigenvalue weighted by atomic mass is 35.5. The summed E-state index contributed by atoms with van der Waals surface area (Å²) in [6, 6.07) is 14.4. The number of halogens is 1. The van der Waals surface area contributed by atoms with Gasteiger partial charge in [0.05, 0.1) is 11.6 Å². The molecule has 0 saturated heterocycles. The number of carbonyl (C=O) groups is 2. The lowest BCUT2D eigenvalue weighted by Crippen LogP contribution is -2.32. The number of carbonyl (C=O) groups excluding carboxylic acids is 2. The second kappa shape index (κ2) is 6.85. The summed E-state index contributed by atoms with van der Waals surface area (Å²) >= 11 is 6.23. The third-order valence-corrected chi connectivity index (χ3v) is 5.22. The number of hydrogen-bond acceptors (Lipinski definition) is 4. The Morgan fingerprint density at radius 3 is 2.34 bits per heavy atom. The monoisotopic (exact) mass is 407 g/mol. The first kappa shape index (κ1) is 19.4. The van der Waals surface area contributed by atoms with Crippen LogP contribution in [0.4, 0.5) is 5.82 Å². The van der Waals surface area contributed by atoms with Gasteiger partial charge >= 0.3 is 0 Å². The van der Waals surface area contributed by atoms with Crippen molar-refractivity contribution >= 4 is 40.0 Å². The number of anilines is 1. The summed E-state index contributed by atoms with van der Waals surface area (Å²) in [4.78, 5) is 32.5. The maximum absolute atomic E-state index is 13.3. The Hall–Kier alpha value is -2.92. The molecule has 0 saturated carbocycles. The van der Waals surface area contributed by atoms with Crippen LogP contribution in [0.15, 0.2) is 48.5 Å². The van der Waals surface area contributed by atoms with Crippen LogP contribution in [-0.2, 0) is 0 Å². The lowest BCUT2D eigenvalue weighted by molar-refractivity contribution is 0.0594. The van der Waals surface area contributed by atoms with Gasteiger partial charge in [0.25, 0.3) is 11.8 Å². The fraction of sp³-hybridized carbons (Fsp3) is 0.261. The van der Waals surface area contributed by atoms with Crippen molar-refractivity contribution in [1.29, 1.82) is 0 Å². The highest BCUT2D eigenvalue weighted by Gasteiger charge is 2.42. The summed E-state index contributed by atoms with van der Waals surface area (Å²) in [6.07, 6.45) is 0. The van der Waals surface area contributed by atoms with Crippen LogP contribution in [0.2, 0.25) is 5.02 Å². The molecule has 148 valence electrons. The number of rotatable bonds is 3. The Morgan fingerprint density at radius 1 is 1.00 bits per heavy atom. The van der Waals surface area contributed by atoms with E-state index < -0.39 is 6.04 Å². The molecule has 1 aromatic heterocycles. The van der Waals surface area contributed by atoms with Crippen LogP contribution in [0.1, 0.15) is 60.1 Å². The number of nitrogens with one attached hydrogen (secondary N) is 1. The van der Waals surface area contributed by atoms with Crippen molar-refractivity contribution < 1.29 is 9.59 Å². The zero-order valence-corrected chi connectivity index (χ0v) is 17.5. The van der Waals surface area contributed by atoms with Crippen molar-refractivity contribution in [3.8, 4) is 0 Å². The van der Waals surface area contributed by atoms with Crippen molar-refractivity contribution in [2.24, 2.45) is 0 Å². The van der Waals surface area contributed by atoms with Crippen LogP contribution in [0.25, 0.3) is 10.8 Å². The Bertz CT molecular complexity index is 1140. The number of imide groups is 1. The van der Waals surface area contributed by atoms with E-state index in [4.69, 9.17) is 11.6 Å². The molecule has 6 heteroatoms. The van der Waals surface area contributed by atoms with Gasteiger partial charge in [0.1, 0.15) is 11.5 Å². The maximum atomic E-state index is 13.3. The molecule has 0 fully saturated rings. The molecular weight excluding hydrogens is 386 g/mol. The van der Waals surface area contributed by atoms with Gasteiger partial charge in [0.15, 0.2) is 0 Å². The molecular formula is C23H22ClN3O2. The first-order valence-corrected chi connectivity index (χ1v) is 9.89. The summed E-state index contributed by atoms with van der Waals surface area (Å²) in [7, 11) is 0. The van der Waals surface area contributed by atoms with Gasteiger partial charge in [-0.1, -0.05) is 41.9 Å². The molecule has 2 heterocycles. The number of hydrogen-bond donors (Lipinski definition) is 1. The minimum atomic E-state index is -0.404. The van der Waals surface area contributed by atoms with E-state index in [1.807, 2.05) is 64.1 Å². The van der Waals surface area contributed by atoms with Crippen LogP contribution in [0, 0.1) is 0 Å². The Kier molecular flexibility index (Phi) is 4.58. The lowest BCUT2D eigenvalue weighted by atomic mass is 10.0. The van der Waals surface area contributed by atoms with Crippen molar-refractivity contribution in [2.45, 2.75) is 39.3 Å². The zero-order valence-electron chi connectivity index (χ0n) is 16.8. The molecule has 1 aliphatic rings. The van der Waals surface area contributed by atoms with Gasteiger partial charge in [-0.2, -0.15) is 0 Å². The number of fused-ring (bicyclic) bond motifs is 3. The topological polar surface area (TPSA) is 62.3 Å². The van der Waals surface area contributed by atoms with Gasteiger partial charge in [-0.25, -0.2) is 4.98 Å². The van der Waals surface area contributed by atoms with Gasteiger partial charge in [-0.15, -0.1) is 0 Å². The van der Waals surface area contributed by atoms with E-state index in [1.54, 1.807) is 12.1 Å². The molecule has 0 unspecified atom stereocenters. The summed E-state index contributed by atoms with van der Waals surface area (Å²) in [5.41, 5.74) is 1.10. The predicted octanol–water partition coefficient (Wildman–Crippen LogP) is 5.46. The summed E-state index contributed by atoms with van der Waals surface area (Å²) < 4.78 is 0. The highest BCUT2D eigenvalue weighted by molar-refractivity contribution is 6.33. The second-order valence-corrected chi connectivity index (χ2v) is 8.75. The van der Waals surface area contributed by atoms with E-state index in [0.717, 1.165) is 10.9 Å². The van der Waals surface area contributed by atoms with Crippen molar-refractivity contribution in [3.05, 3.63) is 70.4 Å². The van der Waals surface area contributed by atoms with Gasteiger partial charge in [0, 0.05) is 21.3 Å². The van der Waals surface area contributed by atoms with E-state index in [-0.39, 0.29) is 23.0 Å². The van der Waals surface area contributed by atoms with E-state index in [2.05, 4.69) is 10.3 Å². The molecule has 0 spiro atoms. The fourth-order valence-corrected chi connectivity index (χ4v) is 3.84. The predicted molar refractivity (Wildman–Crippen MR) is 115 cm³/mol. The molecule has 2 aromatic carbocycles. The Balaban J connectivity index is 1.90. The van der Waals surface area contributed by atoms with Crippen molar-refractivity contribution in [3.63, 3.8) is 0 Å². The molecule has 2 amide bonds. The van der Waals surface area contributed by atoms with Crippen molar-refractivity contribution in [2.75, 3.05) is 5.32 Å². The molecule has 1 N–H and O–H groups in total. The van der Waals surface area contributed by atoms with Crippen LogP contribution in [0.5, 0.6) is 0 Å². The van der Waals surface area contributed by atoms with Crippen LogP contribution in [0.3, 0.4) is 0 Å². The molecule has 0 bridgehead atoms. The molecule has 0 radical (unpaired) electrons. The lowest BCUT2D eigenvalue weighted by Gasteiger charge is -2.23. The second-order valence-electron chi connectivity index (χ2n) is 8.32. The van der Waals surface area contributed by atoms with Crippen LogP contribution >= 0.6 is 11.6 Å². The number of amides is 2. The number of pyridine rings is 1. The van der Waals surface area contributed by atoms with Crippen LogP contribution in [-0.4, -0.2) is 27.2 Å². The molecule has 5 nitrogen and oxygen atoms in total. The molecule has 3 aromatic rings. The minimum absolute atomic E-state index is 0.166. The first-order valence-electron chi connectivity index (χ1n) is 9.51. The molecule has 1 atom stereocenters. The molecule has 4 rings (SSSR count). The molecule has 1 aliphatic heterocycles. The fourth-order valence-electron chi connectivity index (χ4n) is 3.67. The van der Waals surface area contributed by atoms with Crippen LogP contribution < -0.4 is 5.32 Å². The van der Waals surface area contributed by atoms with E-state index in [1.165, 1.54) is 4.90 Å². The van der Waals surface area contributed by atoms with E-state index >= 15 is 0 Å². The van der Waals surface area contributed by atoms with Crippen molar-refractivity contribution in [1.82, 2.24) is 9.88 Å². The first-order chi connectivity index (χ1) is 13.7. The minimum Gasteiger partial charge on any atom is -0.365 e. The number of benzene rings is 2. The van der Waals surface area contributed by atoms with Gasteiger partial charge in [0.2, 0.25) is 0 Å². The smallest absolute Gasteiger partial charge is 0.280 e. The summed E-state index contributed by atoms with van der Waals surface area (Å²) in [6.45, 7) is 7.89. The highest BCUT2D eigenvalue weighted by Crippen LogP contribution is 2.38. The number of aromatic nitrogens is 1. The largest absolute Gasteiger partial charge is 0.365 e. The zero-order chi connectivity index (χ0) is 20.9. The molecule has 0 aliphatic carbocycles. The van der Waals surface area contributed by atoms with Gasteiger partial charge in [-0.05, 0) is 51.5 Å². The Labute approximate surface area is 174 Å². The average molecular weight is 408 g/mol. The van der Waals surface area contributed by atoms with Gasteiger partial charge in [-0.3, -0.25) is 14.5 Å². The SMILES string of the molecule is C[C@@H](c1ccccc1)N1C(=O)c2nc(NC(C)(C)C)c3ccc(Cl)cc3c2C1=O. The van der Waals surface area contributed by atoms with E-state index in [9.17, 15) is 9.59 Å². The van der Waals surface area contributed by atoms with E-state index in [0.29, 0.717) is 21.8 Å². The summed E-state index contributed by atoms with van der Waals surface area (Å²) in [5.74, 6) is -0.165. The van der Waals surface area contributed by atoms with Gasteiger partial charge < -0.3 is 5.32 Å². The third-order valence-electron chi connectivity index (χ3n) is 4.98. The molecule has 29 heavy (non-hydrogen) atoms. The maximum Gasteiger partial charge on any atom is 0.280 e. The Morgan fingerprint density at radius 2 is 1.69 bits per heavy atom. The normalized spacial score (nSPS) is 15.0. The quantitative estimate of drug-likeness (QED) is 0.586. The summed E-state index contributed by atoms with van der Waals surface area (Å²) in [5, 5.41) is 5.25. The standard InChI is InChI=1S/C23H22ClN3O2/c1-13(14-8-6-5-7-9-14)27-21(28)18-17-12-15(24)10-11-16(17)20(26-23(2,3)4)25-19(18)22(27)29/h5-13H,1-4H3,(H,25,26)/t13-/m0/s1.